The van der Waals surface area contributed by atoms with E-state index in [1.165, 1.54) is 29.7 Å². The van der Waals surface area contributed by atoms with E-state index in [0.717, 1.165) is 12.6 Å². The molecule has 3 rings (SSSR count). The van der Waals surface area contributed by atoms with Gasteiger partial charge in [-0.25, -0.2) is 0 Å². The molecule has 2 unspecified atom stereocenters. The van der Waals surface area contributed by atoms with E-state index >= 15 is 0 Å². The molecule has 2 nitrogen and oxygen atoms in total. The summed E-state index contributed by atoms with van der Waals surface area (Å²) in [6.07, 6.45) is 6.38. The molecule has 0 spiro atoms. The summed E-state index contributed by atoms with van der Waals surface area (Å²) in [6.45, 7) is 0.737. The predicted octanol–water partition coefficient (Wildman–Crippen LogP) is 3.14. The minimum absolute atomic E-state index is 0.668. The van der Waals surface area contributed by atoms with Gasteiger partial charge in [-0.1, -0.05) is 6.08 Å². The molecule has 17 heavy (non-hydrogen) atoms. The SMILES string of the molecule is COCc1ccsc1C1=CC2CCC(C1)N2C. The third-order valence-corrected chi connectivity index (χ3v) is 5.11. The van der Waals surface area contributed by atoms with Gasteiger partial charge in [0.05, 0.1) is 6.61 Å². The second-order valence-corrected chi connectivity index (χ2v) is 5.98. The van der Waals surface area contributed by atoms with E-state index in [1.54, 1.807) is 12.7 Å². The molecule has 3 heteroatoms. The Morgan fingerprint density at radius 3 is 3.12 bits per heavy atom. The van der Waals surface area contributed by atoms with Crippen LogP contribution in [0.15, 0.2) is 17.5 Å². The Labute approximate surface area is 107 Å². The lowest BCUT2D eigenvalue weighted by Crippen LogP contribution is -2.34. The van der Waals surface area contributed by atoms with Crippen molar-refractivity contribution in [1.29, 1.82) is 0 Å². The number of thiophene rings is 1. The number of nitrogens with zero attached hydrogens (tertiary/aromatic N) is 1. The summed E-state index contributed by atoms with van der Waals surface area (Å²) >= 11 is 1.86. The monoisotopic (exact) mass is 249 g/mol. The van der Waals surface area contributed by atoms with Crippen molar-refractivity contribution in [2.75, 3.05) is 14.2 Å². The summed E-state index contributed by atoms with van der Waals surface area (Å²) in [6, 6.07) is 3.63. The Morgan fingerprint density at radius 1 is 1.47 bits per heavy atom. The van der Waals surface area contributed by atoms with Crippen LogP contribution in [0.5, 0.6) is 0 Å². The summed E-state index contributed by atoms with van der Waals surface area (Å²) in [5, 5.41) is 2.19. The van der Waals surface area contributed by atoms with Crippen LogP contribution in [-0.4, -0.2) is 31.1 Å². The zero-order valence-corrected chi connectivity index (χ0v) is 11.3. The molecule has 2 bridgehead atoms. The van der Waals surface area contributed by atoms with E-state index in [4.69, 9.17) is 4.74 Å². The molecule has 0 aliphatic carbocycles. The normalized spacial score (nSPS) is 28.5. The molecule has 1 aromatic rings. The quantitative estimate of drug-likeness (QED) is 0.816. The van der Waals surface area contributed by atoms with Crippen LogP contribution in [0, 0.1) is 0 Å². The van der Waals surface area contributed by atoms with E-state index < -0.39 is 0 Å². The maximum absolute atomic E-state index is 5.28. The average Bonchev–Trinajstić information content (AvgIpc) is 2.83. The summed E-state index contributed by atoms with van der Waals surface area (Å²) in [5.74, 6) is 0. The van der Waals surface area contributed by atoms with Crippen LogP contribution in [0.4, 0.5) is 0 Å². The fraction of sp³-hybridized carbons (Fsp3) is 0.571. The molecular formula is C14H19NOS. The Kier molecular flexibility index (Phi) is 3.07. The van der Waals surface area contributed by atoms with E-state index in [1.807, 2.05) is 11.3 Å². The lowest BCUT2D eigenvalue weighted by atomic mass is 9.98. The molecular weight excluding hydrogens is 230 g/mol. The molecule has 2 atom stereocenters. The van der Waals surface area contributed by atoms with Crippen LogP contribution < -0.4 is 0 Å². The number of fused-ring (bicyclic) bond motifs is 2. The highest BCUT2D eigenvalue weighted by Crippen LogP contribution is 2.40. The fourth-order valence-corrected chi connectivity index (χ4v) is 4.05. The van der Waals surface area contributed by atoms with Gasteiger partial charge >= 0.3 is 0 Å². The summed E-state index contributed by atoms with van der Waals surface area (Å²) in [4.78, 5) is 3.99. The van der Waals surface area contributed by atoms with E-state index in [2.05, 4.69) is 29.5 Å². The molecule has 2 aliphatic heterocycles. The van der Waals surface area contributed by atoms with Gasteiger partial charge < -0.3 is 4.74 Å². The topological polar surface area (TPSA) is 12.5 Å². The van der Waals surface area contributed by atoms with E-state index in [9.17, 15) is 0 Å². The van der Waals surface area contributed by atoms with Gasteiger partial charge in [0.2, 0.25) is 0 Å². The van der Waals surface area contributed by atoms with Gasteiger partial charge in [-0.2, -0.15) is 0 Å². The van der Waals surface area contributed by atoms with Gasteiger partial charge in [0.15, 0.2) is 0 Å². The van der Waals surface area contributed by atoms with Crippen LogP contribution in [0.3, 0.4) is 0 Å². The average molecular weight is 249 g/mol. The molecule has 0 radical (unpaired) electrons. The standard InChI is InChI=1S/C14H19NOS/c1-15-12-3-4-13(15)8-11(7-12)14-10(9-16-2)5-6-17-14/h5-7,12-13H,3-4,8-9H2,1-2H3. The highest BCUT2D eigenvalue weighted by atomic mass is 32.1. The van der Waals surface area contributed by atoms with Crippen LogP contribution in [0.1, 0.15) is 29.7 Å². The zero-order valence-electron chi connectivity index (χ0n) is 10.5. The summed E-state index contributed by atoms with van der Waals surface area (Å²) < 4.78 is 5.28. The fourth-order valence-electron chi connectivity index (χ4n) is 3.10. The number of methoxy groups -OCH3 is 1. The Hall–Kier alpha value is -0.640. The first-order valence-electron chi connectivity index (χ1n) is 6.28. The molecule has 3 heterocycles. The van der Waals surface area contributed by atoms with Gasteiger partial charge in [0.25, 0.3) is 0 Å². The maximum Gasteiger partial charge on any atom is 0.0727 e. The van der Waals surface area contributed by atoms with Crippen LogP contribution in [0.2, 0.25) is 0 Å². The van der Waals surface area contributed by atoms with Crippen molar-refractivity contribution in [3.63, 3.8) is 0 Å². The van der Waals surface area contributed by atoms with Crippen molar-refractivity contribution in [1.82, 2.24) is 4.90 Å². The van der Waals surface area contributed by atoms with Gasteiger partial charge in [0.1, 0.15) is 0 Å². The van der Waals surface area contributed by atoms with Gasteiger partial charge in [0, 0.05) is 24.1 Å². The minimum Gasteiger partial charge on any atom is -0.380 e. The highest BCUT2D eigenvalue weighted by Gasteiger charge is 2.34. The first-order valence-corrected chi connectivity index (χ1v) is 7.16. The zero-order chi connectivity index (χ0) is 11.8. The Bertz CT molecular complexity index is 437. The molecule has 1 aromatic heterocycles. The smallest absolute Gasteiger partial charge is 0.0727 e. The van der Waals surface area contributed by atoms with Crippen LogP contribution >= 0.6 is 11.3 Å². The first kappa shape index (κ1) is 11.5. The molecule has 2 aliphatic rings. The van der Waals surface area contributed by atoms with E-state index in [-0.39, 0.29) is 0 Å². The third-order valence-electron chi connectivity index (χ3n) is 4.08. The number of hydrogen-bond donors (Lipinski definition) is 0. The van der Waals surface area contributed by atoms with Gasteiger partial charge in [-0.05, 0) is 48.9 Å². The lowest BCUT2D eigenvalue weighted by molar-refractivity contribution is 0.185. The molecule has 1 saturated heterocycles. The second-order valence-electron chi connectivity index (χ2n) is 5.07. The second kappa shape index (κ2) is 4.56. The molecule has 0 saturated carbocycles. The molecule has 92 valence electrons. The minimum atomic E-state index is 0.668. The lowest BCUT2D eigenvalue weighted by Gasteiger charge is -2.30. The molecule has 0 N–H and O–H groups in total. The Morgan fingerprint density at radius 2 is 2.35 bits per heavy atom. The van der Waals surface area contributed by atoms with Crippen molar-refractivity contribution in [3.05, 3.63) is 28.0 Å². The number of hydrogen-bond acceptors (Lipinski definition) is 3. The maximum atomic E-state index is 5.28. The molecule has 1 fully saturated rings. The van der Waals surface area contributed by atoms with Crippen molar-refractivity contribution < 1.29 is 4.74 Å². The Balaban J connectivity index is 1.90. The molecule has 0 amide bonds. The van der Waals surface area contributed by atoms with E-state index in [0.29, 0.717) is 6.04 Å². The van der Waals surface area contributed by atoms with Crippen LogP contribution in [-0.2, 0) is 11.3 Å². The van der Waals surface area contributed by atoms with Crippen molar-refractivity contribution in [3.8, 4) is 0 Å². The van der Waals surface area contributed by atoms with Gasteiger partial charge in [-0.15, -0.1) is 11.3 Å². The third kappa shape index (κ3) is 1.96. The van der Waals surface area contributed by atoms with Crippen molar-refractivity contribution in [2.45, 2.75) is 38.0 Å². The first-order chi connectivity index (χ1) is 8.29. The summed E-state index contributed by atoms with van der Waals surface area (Å²) in [7, 11) is 4.04. The van der Waals surface area contributed by atoms with Crippen LogP contribution in [0.25, 0.3) is 5.57 Å². The number of likely N-dealkylation sites (N-methyl/N-ethyl adjacent to an activating group) is 1. The largest absolute Gasteiger partial charge is 0.380 e. The number of rotatable bonds is 3. The van der Waals surface area contributed by atoms with Gasteiger partial charge in [-0.3, -0.25) is 4.90 Å². The van der Waals surface area contributed by atoms with Crippen molar-refractivity contribution >= 4 is 16.9 Å². The highest BCUT2D eigenvalue weighted by molar-refractivity contribution is 7.11. The predicted molar refractivity (Wildman–Crippen MR) is 72.2 cm³/mol. The summed E-state index contributed by atoms with van der Waals surface area (Å²) in [5.41, 5.74) is 2.91. The number of ether oxygens (including phenoxy) is 1. The van der Waals surface area contributed by atoms with Crippen molar-refractivity contribution in [2.24, 2.45) is 0 Å². The molecule has 0 aromatic carbocycles.